The summed E-state index contributed by atoms with van der Waals surface area (Å²) in [6, 6.07) is 29.3. The van der Waals surface area contributed by atoms with Crippen LogP contribution in [0, 0.1) is 0 Å². The van der Waals surface area contributed by atoms with Gasteiger partial charge in [-0.1, -0.05) is 72.4 Å². The normalized spacial score (nSPS) is 11.2. The molecule has 3 aromatic carbocycles. The second kappa shape index (κ2) is 9.18. The smallest absolute Gasteiger partial charge is 0.192 e. The van der Waals surface area contributed by atoms with Crippen molar-refractivity contribution in [3.05, 3.63) is 96.1 Å². The van der Waals surface area contributed by atoms with Crippen molar-refractivity contribution in [3.8, 4) is 17.1 Å². The lowest BCUT2D eigenvalue weighted by Crippen LogP contribution is -2.07. The lowest BCUT2D eigenvalue weighted by molar-refractivity contribution is 0.415. The lowest BCUT2D eigenvalue weighted by atomic mass is 10.0. The molecule has 0 spiro atoms. The highest BCUT2D eigenvalue weighted by Gasteiger charge is 2.23. The first kappa shape index (κ1) is 20.2. The number of thioether (sulfide) groups is 1. The molecule has 0 atom stereocenters. The van der Waals surface area contributed by atoms with Crippen LogP contribution >= 0.6 is 11.8 Å². The zero-order chi connectivity index (χ0) is 20.9. The van der Waals surface area contributed by atoms with Crippen LogP contribution in [0.5, 0.6) is 5.75 Å². The molecule has 4 aromatic rings. The van der Waals surface area contributed by atoms with E-state index >= 15 is 0 Å². The van der Waals surface area contributed by atoms with Crippen LogP contribution in [0.2, 0.25) is 0 Å². The van der Waals surface area contributed by atoms with Crippen LogP contribution in [0.15, 0.2) is 90.1 Å². The van der Waals surface area contributed by atoms with Gasteiger partial charge in [0.05, 0.1) is 12.4 Å². The van der Waals surface area contributed by atoms with Crippen LogP contribution in [0.1, 0.15) is 36.3 Å². The summed E-state index contributed by atoms with van der Waals surface area (Å²) >= 11 is 1.74. The van der Waals surface area contributed by atoms with Crippen LogP contribution in [-0.2, 0) is 0 Å². The Labute approximate surface area is 181 Å². The molecule has 0 bridgehead atoms. The highest BCUT2D eigenvalue weighted by Crippen LogP contribution is 2.41. The van der Waals surface area contributed by atoms with Crippen LogP contribution in [0.3, 0.4) is 0 Å². The molecule has 1 aromatic heterocycles. The lowest BCUT2D eigenvalue weighted by Gasteiger charge is -2.19. The Morgan fingerprint density at radius 1 is 0.767 bits per heavy atom. The molecule has 0 saturated carbocycles. The van der Waals surface area contributed by atoms with Gasteiger partial charge in [0.1, 0.15) is 5.75 Å². The van der Waals surface area contributed by atoms with E-state index in [0.29, 0.717) is 0 Å². The Morgan fingerprint density at radius 3 is 1.83 bits per heavy atom. The van der Waals surface area contributed by atoms with Crippen molar-refractivity contribution in [3.63, 3.8) is 0 Å². The Hall–Kier alpha value is -3.05. The highest BCUT2D eigenvalue weighted by atomic mass is 32.2. The van der Waals surface area contributed by atoms with E-state index in [1.54, 1.807) is 18.9 Å². The maximum atomic E-state index is 5.29. The summed E-state index contributed by atoms with van der Waals surface area (Å²) in [6.45, 7) is 4.33. The summed E-state index contributed by atoms with van der Waals surface area (Å²) in [7, 11) is 1.67. The summed E-state index contributed by atoms with van der Waals surface area (Å²) in [6.07, 6.45) is 0. The summed E-state index contributed by atoms with van der Waals surface area (Å²) in [5.74, 6) is 1.70. The third-order valence-corrected chi connectivity index (χ3v) is 6.23. The van der Waals surface area contributed by atoms with Gasteiger partial charge in [-0.05, 0) is 49.2 Å². The minimum atomic E-state index is 0.137. The van der Waals surface area contributed by atoms with Crippen molar-refractivity contribution in [1.82, 2.24) is 14.8 Å². The number of benzene rings is 3. The Kier molecular flexibility index (Phi) is 6.19. The van der Waals surface area contributed by atoms with E-state index in [0.717, 1.165) is 22.3 Å². The van der Waals surface area contributed by atoms with Gasteiger partial charge in [-0.3, -0.25) is 4.57 Å². The molecule has 0 radical (unpaired) electrons. The fraction of sp³-hybridized carbons (Fsp3) is 0.200. The maximum absolute atomic E-state index is 5.29. The van der Waals surface area contributed by atoms with Gasteiger partial charge in [0, 0.05) is 11.6 Å². The van der Waals surface area contributed by atoms with Crippen LogP contribution in [0.25, 0.3) is 11.4 Å². The third kappa shape index (κ3) is 4.26. The van der Waals surface area contributed by atoms with Crippen LogP contribution < -0.4 is 4.74 Å². The first-order valence-electron chi connectivity index (χ1n) is 10.0. The predicted molar refractivity (Wildman–Crippen MR) is 123 cm³/mol. The Bertz CT molecular complexity index is 1040. The van der Waals surface area contributed by atoms with E-state index in [-0.39, 0.29) is 11.3 Å². The number of ether oxygens (including phenoxy) is 1. The average molecular weight is 416 g/mol. The fourth-order valence-corrected chi connectivity index (χ4v) is 4.75. The van der Waals surface area contributed by atoms with Gasteiger partial charge >= 0.3 is 0 Å². The third-order valence-electron chi connectivity index (χ3n) is 4.96. The van der Waals surface area contributed by atoms with Crippen LogP contribution in [-0.4, -0.2) is 21.9 Å². The molecule has 0 aliphatic carbocycles. The van der Waals surface area contributed by atoms with Crippen molar-refractivity contribution in [2.75, 3.05) is 7.11 Å². The standard InChI is InChI=1S/C25H25N3OS/c1-18(2)28-24(21-14-16-22(29-3)17-15-21)26-27-25(28)30-23(19-10-6-4-7-11-19)20-12-8-5-9-13-20/h4-18,23H,1-3H3. The largest absolute Gasteiger partial charge is 0.497 e. The van der Waals surface area contributed by atoms with Crippen molar-refractivity contribution >= 4 is 11.8 Å². The molecule has 1 heterocycles. The van der Waals surface area contributed by atoms with Crippen LogP contribution in [0.4, 0.5) is 0 Å². The molecule has 0 saturated heterocycles. The molecule has 0 unspecified atom stereocenters. The molecule has 0 aliphatic rings. The van der Waals surface area contributed by atoms with Gasteiger partial charge in [-0.25, -0.2) is 0 Å². The first-order chi connectivity index (χ1) is 14.7. The molecule has 30 heavy (non-hydrogen) atoms. The topological polar surface area (TPSA) is 39.9 Å². The molecule has 0 N–H and O–H groups in total. The van der Waals surface area contributed by atoms with Gasteiger partial charge in [0.2, 0.25) is 0 Å². The predicted octanol–water partition coefficient (Wildman–Crippen LogP) is 6.42. The zero-order valence-corrected chi connectivity index (χ0v) is 18.2. The van der Waals surface area contributed by atoms with Crippen molar-refractivity contribution in [1.29, 1.82) is 0 Å². The average Bonchev–Trinajstić information content (AvgIpc) is 3.23. The summed E-state index contributed by atoms with van der Waals surface area (Å²) in [5.41, 5.74) is 3.52. The SMILES string of the molecule is COc1ccc(-c2nnc(SC(c3ccccc3)c3ccccc3)n2C(C)C)cc1. The molecule has 4 nitrogen and oxygen atoms in total. The maximum Gasteiger partial charge on any atom is 0.192 e. The number of rotatable bonds is 7. The van der Waals surface area contributed by atoms with E-state index in [1.165, 1.54) is 11.1 Å². The summed E-state index contributed by atoms with van der Waals surface area (Å²) in [4.78, 5) is 0. The van der Waals surface area contributed by atoms with Gasteiger partial charge in [-0.2, -0.15) is 0 Å². The van der Waals surface area contributed by atoms with E-state index < -0.39 is 0 Å². The van der Waals surface area contributed by atoms with Crippen molar-refractivity contribution in [2.45, 2.75) is 30.3 Å². The first-order valence-corrected chi connectivity index (χ1v) is 10.9. The second-order valence-electron chi connectivity index (χ2n) is 7.32. The van der Waals surface area contributed by atoms with Gasteiger partial charge in [0.15, 0.2) is 11.0 Å². The molecule has 5 heteroatoms. The minimum Gasteiger partial charge on any atom is -0.497 e. The molecule has 0 aliphatic heterocycles. The van der Waals surface area contributed by atoms with Crippen molar-refractivity contribution in [2.24, 2.45) is 0 Å². The van der Waals surface area contributed by atoms with Gasteiger partial charge < -0.3 is 4.74 Å². The number of methoxy groups -OCH3 is 1. The van der Waals surface area contributed by atoms with Gasteiger partial charge in [-0.15, -0.1) is 10.2 Å². The van der Waals surface area contributed by atoms with Crippen molar-refractivity contribution < 1.29 is 4.74 Å². The second-order valence-corrected chi connectivity index (χ2v) is 8.39. The number of nitrogens with zero attached hydrogens (tertiary/aromatic N) is 3. The molecule has 0 fully saturated rings. The number of aromatic nitrogens is 3. The Balaban J connectivity index is 1.74. The zero-order valence-electron chi connectivity index (χ0n) is 17.4. The highest BCUT2D eigenvalue weighted by molar-refractivity contribution is 7.99. The van der Waals surface area contributed by atoms with E-state index in [2.05, 4.69) is 89.3 Å². The van der Waals surface area contributed by atoms with E-state index in [1.807, 2.05) is 24.3 Å². The minimum absolute atomic E-state index is 0.137. The monoisotopic (exact) mass is 415 g/mol. The Morgan fingerprint density at radius 2 is 1.33 bits per heavy atom. The number of hydrogen-bond donors (Lipinski definition) is 0. The summed E-state index contributed by atoms with van der Waals surface area (Å²) in [5, 5.41) is 10.2. The molecule has 152 valence electrons. The van der Waals surface area contributed by atoms with E-state index in [9.17, 15) is 0 Å². The molecule has 4 rings (SSSR count). The number of hydrogen-bond acceptors (Lipinski definition) is 4. The van der Waals surface area contributed by atoms with E-state index in [4.69, 9.17) is 4.74 Å². The van der Waals surface area contributed by atoms with Gasteiger partial charge in [0.25, 0.3) is 0 Å². The molecular formula is C25H25N3OS. The quantitative estimate of drug-likeness (QED) is 0.327. The summed E-state index contributed by atoms with van der Waals surface area (Å²) < 4.78 is 7.51. The molecule has 0 amide bonds. The molecular weight excluding hydrogens is 390 g/mol. The fourth-order valence-electron chi connectivity index (χ4n) is 3.45.